The SMILES string of the molecule is CC(=O)C/C(N)=N/C(N)=O. The van der Waals surface area contributed by atoms with Crippen molar-refractivity contribution in [2.24, 2.45) is 16.5 Å². The minimum absolute atomic E-state index is 0.0249. The first-order chi connectivity index (χ1) is 4.52. The van der Waals surface area contributed by atoms with Gasteiger partial charge >= 0.3 is 6.03 Å². The number of primary amides is 1. The monoisotopic (exact) mass is 143 g/mol. The van der Waals surface area contributed by atoms with Crippen molar-refractivity contribution in [2.75, 3.05) is 0 Å². The fraction of sp³-hybridized carbons (Fsp3) is 0.400. The maximum Gasteiger partial charge on any atom is 0.339 e. The maximum atomic E-state index is 10.3. The third-order valence-corrected chi connectivity index (χ3v) is 0.684. The Kier molecular flexibility index (Phi) is 3.10. The Balaban J connectivity index is 3.95. The van der Waals surface area contributed by atoms with Crippen LogP contribution in [0.15, 0.2) is 4.99 Å². The number of nitrogens with two attached hydrogens (primary N) is 2. The lowest BCUT2D eigenvalue weighted by molar-refractivity contribution is -0.115. The number of amides is 2. The molecule has 0 saturated heterocycles. The van der Waals surface area contributed by atoms with Gasteiger partial charge in [0.1, 0.15) is 11.6 Å². The van der Waals surface area contributed by atoms with Crippen LogP contribution in [0, 0.1) is 0 Å². The van der Waals surface area contributed by atoms with Gasteiger partial charge in [-0.3, -0.25) is 4.79 Å². The van der Waals surface area contributed by atoms with Crippen molar-refractivity contribution < 1.29 is 9.59 Å². The van der Waals surface area contributed by atoms with Gasteiger partial charge in [-0.25, -0.2) is 4.79 Å². The number of urea groups is 1. The van der Waals surface area contributed by atoms with E-state index in [1.807, 2.05) is 0 Å². The summed E-state index contributed by atoms with van der Waals surface area (Å²) in [7, 11) is 0. The molecule has 2 amide bonds. The molecule has 56 valence electrons. The van der Waals surface area contributed by atoms with E-state index in [1.165, 1.54) is 6.92 Å². The average molecular weight is 143 g/mol. The molecule has 0 spiro atoms. The fourth-order valence-electron chi connectivity index (χ4n) is 0.436. The second-order valence-corrected chi connectivity index (χ2v) is 1.82. The van der Waals surface area contributed by atoms with Crippen molar-refractivity contribution in [2.45, 2.75) is 13.3 Å². The lowest BCUT2D eigenvalue weighted by Gasteiger charge is -1.91. The molecule has 0 saturated carbocycles. The van der Waals surface area contributed by atoms with Gasteiger partial charge in [-0.05, 0) is 6.92 Å². The number of hydrogen-bond donors (Lipinski definition) is 2. The molecule has 0 radical (unpaired) electrons. The molecule has 10 heavy (non-hydrogen) atoms. The molecule has 0 aromatic rings. The minimum Gasteiger partial charge on any atom is -0.387 e. The quantitative estimate of drug-likeness (QED) is 0.399. The normalized spacial score (nSPS) is 11.1. The van der Waals surface area contributed by atoms with E-state index < -0.39 is 6.03 Å². The summed E-state index contributed by atoms with van der Waals surface area (Å²) in [4.78, 5) is 23.5. The van der Waals surface area contributed by atoms with Crippen LogP contribution >= 0.6 is 0 Å². The third-order valence-electron chi connectivity index (χ3n) is 0.684. The summed E-state index contributed by atoms with van der Waals surface area (Å²) >= 11 is 0. The molecule has 0 unspecified atom stereocenters. The lowest BCUT2D eigenvalue weighted by atomic mass is 10.3. The lowest BCUT2D eigenvalue weighted by Crippen LogP contribution is -2.19. The number of rotatable bonds is 2. The van der Waals surface area contributed by atoms with Crippen molar-refractivity contribution in [3.05, 3.63) is 0 Å². The first kappa shape index (κ1) is 8.61. The van der Waals surface area contributed by atoms with Gasteiger partial charge in [0.2, 0.25) is 0 Å². The molecule has 0 aliphatic heterocycles. The summed E-state index contributed by atoms with van der Waals surface area (Å²) in [6.45, 7) is 1.35. The van der Waals surface area contributed by atoms with Gasteiger partial charge in [-0.2, -0.15) is 4.99 Å². The molecule has 0 heterocycles. The highest BCUT2D eigenvalue weighted by Gasteiger charge is 1.98. The standard InChI is InChI=1S/C5H9N3O2/c1-3(9)2-4(6)8-5(7)10/h2H2,1H3,(H4,6,7,8,10). The second kappa shape index (κ2) is 3.60. The van der Waals surface area contributed by atoms with E-state index in [4.69, 9.17) is 5.73 Å². The van der Waals surface area contributed by atoms with Crippen molar-refractivity contribution in [3.63, 3.8) is 0 Å². The van der Waals surface area contributed by atoms with Crippen LogP contribution in [0.3, 0.4) is 0 Å². The summed E-state index contributed by atoms with van der Waals surface area (Å²) < 4.78 is 0. The number of ketones is 1. The fourth-order valence-corrected chi connectivity index (χ4v) is 0.436. The van der Waals surface area contributed by atoms with E-state index in [2.05, 4.69) is 10.7 Å². The van der Waals surface area contributed by atoms with E-state index >= 15 is 0 Å². The summed E-state index contributed by atoms with van der Waals surface area (Å²) in [5, 5.41) is 0. The molecule has 4 N–H and O–H groups in total. The van der Waals surface area contributed by atoms with E-state index in [9.17, 15) is 9.59 Å². The van der Waals surface area contributed by atoms with E-state index in [-0.39, 0.29) is 18.0 Å². The maximum absolute atomic E-state index is 10.3. The Hall–Kier alpha value is -1.39. The highest BCUT2D eigenvalue weighted by Crippen LogP contribution is 1.81. The number of Topliss-reactive ketones (excluding diaryl/α,β-unsaturated/α-hetero) is 1. The van der Waals surface area contributed by atoms with Crippen molar-refractivity contribution in [3.8, 4) is 0 Å². The molecule has 5 nitrogen and oxygen atoms in total. The molecule has 0 aliphatic carbocycles. The first-order valence-corrected chi connectivity index (χ1v) is 2.64. The van der Waals surface area contributed by atoms with Crippen LogP contribution in [0.5, 0.6) is 0 Å². The predicted octanol–water partition coefficient (Wildman–Crippen LogP) is -0.599. The zero-order valence-corrected chi connectivity index (χ0v) is 5.63. The number of amidine groups is 1. The topological polar surface area (TPSA) is 98.5 Å². The van der Waals surface area contributed by atoms with E-state index in [1.54, 1.807) is 0 Å². The molecule has 0 aromatic heterocycles. The van der Waals surface area contributed by atoms with Crippen LogP contribution in [-0.2, 0) is 4.79 Å². The second-order valence-electron chi connectivity index (χ2n) is 1.82. The smallest absolute Gasteiger partial charge is 0.339 e. The van der Waals surface area contributed by atoms with E-state index in [0.29, 0.717) is 0 Å². The molecule has 5 heteroatoms. The zero-order chi connectivity index (χ0) is 8.15. The molecule has 0 fully saturated rings. The highest BCUT2D eigenvalue weighted by molar-refractivity contribution is 6.02. The zero-order valence-electron chi connectivity index (χ0n) is 5.63. The van der Waals surface area contributed by atoms with Crippen molar-refractivity contribution in [1.29, 1.82) is 0 Å². The van der Waals surface area contributed by atoms with Crippen LogP contribution in [0.25, 0.3) is 0 Å². The Labute approximate surface area is 58.1 Å². The molecule has 0 bridgehead atoms. The van der Waals surface area contributed by atoms with Crippen molar-refractivity contribution in [1.82, 2.24) is 0 Å². The van der Waals surface area contributed by atoms with Crippen LogP contribution < -0.4 is 11.5 Å². The van der Waals surface area contributed by atoms with Crippen LogP contribution in [-0.4, -0.2) is 17.6 Å². The van der Waals surface area contributed by atoms with Gasteiger partial charge in [-0.15, -0.1) is 0 Å². The van der Waals surface area contributed by atoms with Crippen molar-refractivity contribution >= 4 is 17.6 Å². The number of carbonyl (C=O) groups excluding carboxylic acids is 2. The van der Waals surface area contributed by atoms with Gasteiger partial charge in [0, 0.05) is 0 Å². The van der Waals surface area contributed by atoms with Gasteiger partial charge in [0.05, 0.1) is 6.42 Å². The Morgan fingerprint density at radius 1 is 1.40 bits per heavy atom. The number of hydrogen-bond acceptors (Lipinski definition) is 2. The van der Waals surface area contributed by atoms with Crippen LogP contribution in [0.2, 0.25) is 0 Å². The molecular weight excluding hydrogens is 134 g/mol. The summed E-state index contributed by atoms with van der Waals surface area (Å²) in [6, 6.07) is -0.876. The van der Waals surface area contributed by atoms with Gasteiger partial charge in [-0.1, -0.05) is 0 Å². The Bertz CT molecular complexity index is 185. The highest BCUT2D eigenvalue weighted by atomic mass is 16.2. The third kappa shape index (κ3) is 4.76. The predicted molar refractivity (Wildman–Crippen MR) is 36.5 cm³/mol. The molecule has 0 aliphatic rings. The largest absolute Gasteiger partial charge is 0.387 e. The number of nitrogens with zero attached hydrogens (tertiary/aromatic N) is 1. The average Bonchev–Trinajstić information content (AvgIpc) is 1.58. The summed E-state index contributed by atoms with van der Waals surface area (Å²) in [5.41, 5.74) is 9.76. The van der Waals surface area contributed by atoms with Gasteiger partial charge < -0.3 is 11.5 Å². The number of aliphatic imine (C=N–C) groups is 1. The Morgan fingerprint density at radius 2 is 1.90 bits per heavy atom. The minimum atomic E-state index is -0.876. The van der Waals surface area contributed by atoms with Gasteiger partial charge in [0.15, 0.2) is 0 Å². The Morgan fingerprint density at radius 3 is 2.20 bits per heavy atom. The van der Waals surface area contributed by atoms with Gasteiger partial charge in [0.25, 0.3) is 0 Å². The molecule has 0 atom stereocenters. The molecule has 0 aromatic carbocycles. The van der Waals surface area contributed by atoms with Crippen LogP contribution in [0.4, 0.5) is 4.79 Å². The first-order valence-electron chi connectivity index (χ1n) is 2.64. The number of carbonyl (C=O) groups is 2. The molecular formula is C5H9N3O2. The summed E-state index contributed by atoms with van der Waals surface area (Å²) in [6.07, 6.45) is -0.0249. The molecule has 0 rings (SSSR count). The van der Waals surface area contributed by atoms with Crippen LogP contribution in [0.1, 0.15) is 13.3 Å². The van der Waals surface area contributed by atoms with E-state index in [0.717, 1.165) is 0 Å². The summed E-state index contributed by atoms with van der Waals surface area (Å²) in [5.74, 6) is -0.192.